The van der Waals surface area contributed by atoms with Crippen molar-refractivity contribution in [3.63, 3.8) is 0 Å². The molecule has 0 aliphatic carbocycles. The third-order valence-corrected chi connectivity index (χ3v) is 6.81. The summed E-state index contributed by atoms with van der Waals surface area (Å²) >= 11 is 12.1. The van der Waals surface area contributed by atoms with Crippen molar-refractivity contribution in [1.29, 1.82) is 0 Å². The molecule has 0 bridgehead atoms. The lowest BCUT2D eigenvalue weighted by Gasteiger charge is -2.36. The molecule has 2 aromatic carbocycles. The number of thiocarbonyl (C=S) groups is 1. The van der Waals surface area contributed by atoms with Crippen LogP contribution >= 0.6 is 23.8 Å². The number of halogens is 1. The van der Waals surface area contributed by atoms with Crippen LogP contribution in [0.25, 0.3) is 0 Å². The van der Waals surface area contributed by atoms with E-state index in [2.05, 4.69) is 59.3 Å². The van der Waals surface area contributed by atoms with Crippen LogP contribution in [-0.4, -0.2) is 50.9 Å². The molecule has 4 rings (SSSR count). The van der Waals surface area contributed by atoms with Gasteiger partial charge in [-0.1, -0.05) is 59.6 Å². The second-order valence-electron chi connectivity index (χ2n) is 8.47. The Kier molecular flexibility index (Phi) is 7.13. The van der Waals surface area contributed by atoms with Crippen LogP contribution in [0.4, 0.5) is 5.69 Å². The van der Waals surface area contributed by atoms with Gasteiger partial charge in [0.2, 0.25) is 0 Å². The second-order valence-corrected chi connectivity index (χ2v) is 9.27. The van der Waals surface area contributed by atoms with Crippen molar-refractivity contribution in [2.24, 2.45) is 0 Å². The van der Waals surface area contributed by atoms with Gasteiger partial charge in [-0.05, 0) is 50.2 Å². The molecule has 0 atom stereocenters. The van der Waals surface area contributed by atoms with Gasteiger partial charge in [-0.2, -0.15) is 5.10 Å². The fraction of sp³-hybridized carbons (Fsp3) is 0.360. The van der Waals surface area contributed by atoms with E-state index in [1.54, 1.807) is 0 Å². The zero-order valence-corrected chi connectivity index (χ0v) is 20.5. The summed E-state index contributed by atoms with van der Waals surface area (Å²) in [5.41, 5.74) is 6.76. The summed E-state index contributed by atoms with van der Waals surface area (Å²) in [7, 11) is 0. The Hall–Kier alpha value is -2.41. The predicted molar refractivity (Wildman–Crippen MR) is 137 cm³/mol. The number of aryl methyl sites for hydroxylation is 2. The van der Waals surface area contributed by atoms with Crippen molar-refractivity contribution in [1.82, 2.24) is 19.6 Å². The first-order valence-electron chi connectivity index (χ1n) is 11.0. The number of nitrogens with zero attached hydrogens (tertiary/aromatic N) is 4. The summed E-state index contributed by atoms with van der Waals surface area (Å²) in [6.45, 7) is 11.6. The first kappa shape index (κ1) is 22.8. The lowest BCUT2D eigenvalue weighted by molar-refractivity contribution is 0.177. The Morgan fingerprint density at radius 3 is 2.34 bits per heavy atom. The average Bonchev–Trinajstić information content (AvgIpc) is 3.04. The van der Waals surface area contributed by atoms with Crippen LogP contribution < -0.4 is 5.32 Å². The van der Waals surface area contributed by atoms with Gasteiger partial charge >= 0.3 is 0 Å². The van der Waals surface area contributed by atoms with Crippen LogP contribution in [-0.2, 0) is 13.1 Å². The molecule has 32 heavy (non-hydrogen) atoms. The Labute approximate surface area is 201 Å². The van der Waals surface area contributed by atoms with E-state index in [0.29, 0.717) is 0 Å². The lowest BCUT2D eigenvalue weighted by atomic mass is 10.1. The van der Waals surface area contributed by atoms with Gasteiger partial charge in [-0.15, -0.1) is 0 Å². The SMILES string of the molecule is Cc1ccc(Cn2nc(C)c(NC(=S)N3CCN(Cc4ccccc4Cl)CC3)c2C)cc1. The van der Waals surface area contributed by atoms with Crippen molar-refractivity contribution in [3.8, 4) is 0 Å². The van der Waals surface area contributed by atoms with Crippen LogP contribution in [0, 0.1) is 20.8 Å². The Morgan fingerprint density at radius 1 is 0.969 bits per heavy atom. The molecule has 5 nitrogen and oxygen atoms in total. The molecule has 1 N–H and O–H groups in total. The van der Waals surface area contributed by atoms with E-state index in [9.17, 15) is 0 Å². The third kappa shape index (κ3) is 5.31. The quantitative estimate of drug-likeness (QED) is 0.533. The van der Waals surface area contributed by atoms with Gasteiger partial charge in [0.15, 0.2) is 5.11 Å². The molecule has 1 aliphatic heterocycles. The van der Waals surface area contributed by atoms with Crippen molar-refractivity contribution in [2.75, 3.05) is 31.5 Å². The molecular formula is C25H30ClN5S. The van der Waals surface area contributed by atoms with Crippen LogP contribution in [0.15, 0.2) is 48.5 Å². The summed E-state index contributed by atoms with van der Waals surface area (Å²) in [4.78, 5) is 4.67. The first-order valence-corrected chi connectivity index (χ1v) is 11.8. The highest BCUT2D eigenvalue weighted by atomic mass is 35.5. The van der Waals surface area contributed by atoms with Gasteiger partial charge in [-0.3, -0.25) is 9.58 Å². The number of rotatable bonds is 5. The van der Waals surface area contributed by atoms with Crippen LogP contribution in [0.2, 0.25) is 5.02 Å². The molecule has 0 spiro atoms. The third-order valence-electron chi connectivity index (χ3n) is 6.08. The van der Waals surface area contributed by atoms with Gasteiger partial charge in [0.05, 0.1) is 23.6 Å². The molecule has 3 aromatic rings. The molecule has 7 heteroatoms. The van der Waals surface area contributed by atoms with Crippen LogP contribution in [0.3, 0.4) is 0 Å². The van der Waals surface area contributed by atoms with E-state index < -0.39 is 0 Å². The van der Waals surface area contributed by atoms with Crippen LogP contribution in [0.5, 0.6) is 0 Å². The van der Waals surface area contributed by atoms with E-state index >= 15 is 0 Å². The number of benzene rings is 2. The highest BCUT2D eigenvalue weighted by Gasteiger charge is 2.21. The van der Waals surface area contributed by atoms with Crippen molar-refractivity contribution in [2.45, 2.75) is 33.9 Å². The highest BCUT2D eigenvalue weighted by Crippen LogP contribution is 2.22. The van der Waals surface area contributed by atoms with Gasteiger partial charge in [-0.25, -0.2) is 0 Å². The summed E-state index contributed by atoms with van der Waals surface area (Å²) in [5.74, 6) is 0. The molecule has 0 radical (unpaired) electrons. The topological polar surface area (TPSA) is 36.3 Å². The Morgan fingerprint density at radius 2 is 1.66 bits per heavy atom. The second kappa shape index (κ2) is 10.0. The zero-order chi connectivity index (χ0) is 22.7. The standard InChI is InChI=1S/C25H30ClN5S/c1-18-8-10-21(11-9-18)16-31-20(3)24(19(2)28-31)27-25(32)30-14-12-29(13-15-30)17-22-6-4-5-7-23(22)26/h4-11H,12-17H2,1-3H3,(H,27,32). The number of piperazine rings is 1. The van der Waals surface area contributed by atoms with Gasteiger partial charge in [0, 0.05) is 37.7 Å². The molecule has 1 saturated heterocycles. The van der Waals surface area contributed by atoms with Gasteiger partial charge in [0.1, 0.15) is 0 Å². The van der Waals surface area contributed by atoms with Crippen molar-refractivity contribution in [3.05, 3.63) is 81.6 Å². The number of hydrogen-bond donors (Lipinski definition) is 1. The molecule has 168 valence electrons. The molecule has 0 unspecified atom stereocenters. The molecule has 0 amide bonds. The molecule has 1 aliphatic rings. The monoisotopic (exact) mass is 467 g/mol. The van der Waals surface area contributed by atoms with Gasteiger partial charge in [0.25, 0.3) is 0 Å². The summed E-state index contributed by atoms with van der Waals surface area (Å²) in [5, 5.41) is 9.82. The lowest BCUT2D eigenvalue weighted by Crippen LogP contribution is -2.49. The summed E-state index contributed by atoms with van der Waals surface area (Å²) in [6.07, 6.45) is 0. The highest BCUT2D eigenvalue weighted by molar-refractivity contribution is 7.80. The minimum atomic E-state index is 0.752. The number of aromatic nitrogens is 2. The number of anilines is 1. The summed E-state index contributed by atoms with van der Waals surface area (Å²) < 4.78 is 2.05. The fourth-order valence-electron chi connectivity index (χ4n) is 4.06. The summed E-state index contributed by atoms with van der Waals surface area (Å²) in [6, 6.07) is 16.7. The minimum absolute atomic E-state index is 0.752. The van der Waals surface area contributed by atoms with Crippen molar-refractivity contribution < 1.29 is 0 Å². The first-order chi connectivity index (χ1) is 15.4. The maximum Gasteiger partial charge on any atom is 0.173 e. The van der Waals surface area contributed by atoms with Crippen molar-refractivity contribution >= 4 is 34.6 Å². The normalized spacial score (nSPS) is 14.6. The molecule has 1 aromatic heterocycles. The Balaban J connectivity index is 1.35. The molecule has 0 saturated carbocycles. The van der Waals surface area contributed by atoms with Gasteiger partial charge < -0.3 is 10.2 Å². The van der Waals surface area contributed by atoms with Crippen LogP contribution in [0.1, 0.15) is 28.1 Å². The Bertz CT molecular complexity index is 1080. The molecular weight excluding hydrogens is 438 g/mol. The number of nitrogens with one attached hydrogen (secondary N) is 1. The number of hydrogen-bond acceptors (Lipinski definition) is 3. The van der Waals surface area contributed by atoms with E-state index in [0.717, 1.165) is 66.5 Å². The van der Waals surface area contributed by atoms with E-state index in [4.69, 9.17) is 28.9 Å². The maximum absolute atomic E-state index is 6.33. The zero-order valence-electron chi connectivity index (χ0n) is 18.9. The predicted octanol–water partition coefficient (Wildman–Crippen LogP) is 5.02. The molecule has 2 heterocycles. The van der Waals surface area contributed by atoms with E-state index in [1.807, 2.05) is 29.8 Å². The largest absolute Gasteiger partial charge is 0.346 e. The smallest absolute Gasteiger partial charge is 0.173 e. The van der Waals surface area contributed by atoms with E-state index in [-0.39, 0.29) is 0 Å². The average molecular weight is 468 g/mol. The fourth-order valence-corrected chi connectivity index (χ4v) is 4.54. The maximum atomic E-state index is 6.33. The minimum Gasteiger partial charge on any atom is -0.346 e. The van der Waals surface area contributed by atoms with E-state index in [1.165, 1.54) is 16.7 Å². The molecule has 1 fully saturated rings.